The number of rotatable bonds is 6. The Morgan fingerprint density at radius 3 is 2.33 bits per heavy atom. The Morgan fingerprint density at radius 2 is 1.93 bits per heavy atom. The Kier molecular flexibility index (Phi) is 5.20. The van der Waals surface area contributed by atoms with Gasteiger partial charge < -0.3 is 20.9 Å². The van der Waals surface area contributed by atoms with E-state index in [4.69, 9.17) is 10.5 Å². The summed E-state index contributed by atoms with van der Waals surface area (Å²) in [7, 11) is 0. The average molecular weight is 218 g/mol. The van der Waals surface area contributed by atoms with E-state index >= 15 is 0 Å². The first-order chi connectivity index (χ1) is 6.70. The zero-order valence-corrected chi connectivity index (χ0v) is 9.96. The number of nitrogens with two attached hydrogens (primary N) is 1. The van der Waals surface area contributed by atoms with Crippen LogP contribution in [0.5, 0.6) is 0 Å². The van der Waals surface area contributed by atoms with E-state index in [1.165, 1.54) is 0 Å². The summed E-state index contributed by atoms with van der Waals surface area (Å²) in [5, 5.41) is 12.5. The second-order valence-electron chi connectivity index (χ2n) is 4.57. The van der Waals surface area contributed by atoms with Crippen molar-refractivity contribution >= 4 is 5.91 Å². The Labute approximate surface area is 91.0 Å². The van der Waals surface area contributed by atoms with Gasteiger partial charge in [0.15, 0.2) is 0 Å². The predicted molar refractivity (Wildman–Crippen MR) is 58.4 cm³/mol. The van der Waals surface area contributed by atoms with Crippen molar-refractivity contribution in [3.05, 3.63) is 0 Å². The molecule has 5 nitrogen and oxygen atoms in total. The minimum atomic E-state index is -0.990. The van der Waals surface area contributed by atoms with Gasteiger partial charge in [-0.2, -0.15) is 0 Å². The molecule has 0 aromatic carbocycles. The summed E-state index contributed by atoms with van der Waals surface area (Å²) in [4.78, 5) is 11.4. The second-order valence-corrected chi connectivity index (χ2v) is 4.57. The van der Waals surface area contributed by atoms with Crippen molar-refractivity contribution < 1.29 is 14.6 Å². The van der Waals surface area contributed by atoms with Gasteiger partial charge in [-0.1, -0.05) is 0 Å². The van der Waals surface area contributed by atoms with E-state index in [1.54, 1.807) is 27.7 Å². The minimum Gasteiger partial charge on any atom is -0.388 e. The first-order valence-corrected chi connectivity index (χ1v) is 5.02. The Balaban J connectivity index is 4.06. The van der Waals surface area contributed by atoms with Gasteiger partial charge in [0.2, 0.25) is 5.91 Å². The van der Waals surface area contributed by atoms with Crippen LogP contribution in [-0.4, -0.2) is 41.9 Å². The zero-order valence-electron chi connectivity index (χ0n) is 9.96. The lowest BCUT2D eigenvalue weighted by atomic mass is 9.86. The van der Waals surface area contributed by atoms with Gasteiger partial charge in [0, 0.05) is 6.54 Å². The van der Waals surface area contributed by atoms with E-state index in [2.05, 4.69) is 5.32 Å². The van der Waals surface area contributed by atoms with Crippen molar-refractivity contribution in [2.24, 2.45) is 5.73 Å². The topological polar surface area (TPSA) is 84.6 Å². The van der Waals surface area contributed by atoms with E-state index in [-0.39, 0.29) is 12.5 Å². The van der Waals surface area contributed by atoms with Crippen LogP contribution in [0.3, 0.4) is 0 Å². The van der Waals surface area contributed by atoms with E-state index in [0.29, 0.717) is 13.2 Å². The summed E-state index contributed by atoms with van der Waals surface area (Å²) in [6, 6.07) is 0. The van der Waals surface area contributed by atoms with Gasteiger partial charge >= 0.3 is 0 Å². The van der Waals surface area contributed by atoms with Gasteiger partial charge in [-0.15, -0.1) is 0 Å². The molecule has 0 aliphatic heterocycles. The minimum absolute atomic E-state index is 0.0310. The molecule has 5 heteroatoms. The molecule has 0 aliphatic rings. The van der Waals surface area contributed by atoms with Gasteiger partial charge in [0.05, 0.1) is 17.7 Å². The number of aliphatic hydroxyl groups is 1. The molecule has 0 fully saturated rings. The molecule has 90 valence electrons. The summed E-state index contributed by atoms with van der Waals surface area (Å²) in [6.45, 7) is 7.53. The van der Waals surface area contributed by atoms with Crippen LogP contribution in [0.25, 0.3) is 0 Å². The molecule has 0 aromatic heterocycles. The summed E-state index contributed by atoms with van der Waals surface area (Å²) in [5.74, 6) is -0.254. The van der Waals surface area contributed by atoms with E-state index in [0.717, 1.165) is 0 Å². The molecule has 15 heavy (non-hydrogen) atoms. The zero-order chi connectivity index (χ0) is 12.1. The second kappa shape index (κ2) is 5.44. The van der Waals surface area contributed by atoms with Crippen molar-refractivity contribution in [3.8, 4) is 0 Å². The predicted octanol–water partition coefficient (Wildman–Crippen LogP) is -0.373. The third kappa shape index (κ3) is 5.11. The van der Waals surface area contributed by atoms with Crippen molar-refractivity contribution in [1.82, 2.24) is 5.32 Å². The number of ether oxygens (including phenoxy) is 1. The third-order valence-electron chi connectivity index (χ3n) is 2.48. The van der Waals surface area contributed by atoms with Gasteiger partial charge in [-0.25, -0.2) is 0 Å². The number of hydrogen-bond acceptors (Lipinski definition) is 4. The fourth-order valence-electron chi connectivity index (χ4n) is 0.786. The molecule has 0 unspecified atom stereocenters. The molecule has 0 heterocycles. The third-order valence-corrected chi connectivity index (χ3v) is 2.48. The lowest BCUT2D eigenvalue weighted by Crippen LogP contribution is -2.58. The summed E-state index contributed by atoms with van der Waals surface area (Å²) in [6.07, 6.45) is 0. The molecule has 4 N–H and O–H groups in total. The van der Waals surface area contributed by atoms with Crippen LogP contribution in [0.2, 0.25) is 0 Å². The highest BCUT2D eigenvalue weighted by atomic mass is 16.5. The van der Waals surface area contributed by atoms with Gasteiger partial charge in [-0.3, -0.25) is 4.79 Å². The number of carbonyl (C=O) groups is 1. The normalized spacial score (nSPS) is 12.7. The Hall–Kier alpha value is -0.650. The quantitative estimate of drug-likeness (QED) is 0.531. The van der Waals surface area contributed by atoms with Gasteiger partial charge in [0.1, 0.15) is 6.61 Å². The molecule has 0 bridgehead atoms. The molecule has 0 saturated heterocycles. The maximum Gasteiger partial charge on any atom is 0.246 e. The maximum atomic E-state index is 11.4. The van der Waals surface area contributed by atoms with Crippen LogP contribution in [0, 0.1) is 0 Å². The van der Waals surface area contributed by atoms with Crippen LogP contribution >= 0.6 is 0 Å². The number of nitrogens with one attached hydrogen (secondary N) is 1. The van der Waals surface area contributed by atoms with Gasteiger partial charge in [-0.05, 0) is 27.7 Å². The molecule has 0 aliphatic carbocycles. The number of hydrogen-bond donors (Lipinski definition) is 3. The fraction of sp³-hybridized carbons (Fsp3) is 0.900. The maximum absolute atomic E-state index is 11.4. The van der Waals surface area contributed by atoms with Crippen molar-refractivity contribution in [3.63, 3.8) is 0 Å². The first kappa shape index (κ1) is 14.3. The average Bonchev–Trinajstić information content (AvgIpc) is 2.01. The molecule has 0 rings (SSSR count). The Bertz CT molecular complexity index is 209. The summed E-state index contributed by atoms with van der Waals surface area (Å²) >= 11 is 0. The number of amides is 1. The largest absolute Gasteiger partial charge is 0.388 e. The van der Waals surface area contributed by atoms with Crippen molar-refractivity contribution in [2.75, 3.05) is 19.8 Å². The smallest absolute Gasteiger partial charge is 0.246 e. The molecule has 0 radical (unpaired) electrons. The molecular formula is C10H22N2O3. The SMILES string of the molecule is CC(C)(O)C(C)(C)NC(=O)COCCN. The van der Waals surface area contributed by atoms with Gasteiger partial charge in [0.25, 0.3) is 0 Å². The Morgan fingerprint density at radius 1 is 1.40 bits per heavy atom. The monoisotopic (exact) mass is 218 g/mol. The van der Waals surface area contributed by atoms with Crippen molar-refractivity contribution in [2.45, 2.75) is 38.8 Å². The first-order valence-electron chi connectivity index (χ1n) is 5.02. The molecule has 1 amide bonds. The highest BCUT2D eigenvalue weighted by Crippen LogP contribution is 2.20. The molecule has 0 spiro atoms. The standard InChI is InChI=1S/C10H22N2O3/c1-9(2,10(3,4)14)12-8(13)7-15-6-5-11/h14H,5-7,11H2,1-4H3,(H,12,13). The van der Waals surface area contributed by atoms with Crippen LogP contribution in [0.4, 0.5) is 0 Å². The van der Waals surface area contributed by atoms with Crippen LogP contribution in [0.1, 0.15) is 27.7 Å². The number of carbonyl (C=O) groups excluding carboxylic acids is 1. The fourth-order valence-corrected chi connectivity index (χ4v) is 0.786. The van der Waals surface area contributed by atoms with Crippen LogP contribution < -0.4 is 11.1 Å². The molecule has 0 saturated carbocycles. The molecule has 0 atom stereocenters. The van der Waals surface area contributed by atoms with Crippen molar-refractivity contribution in [1.29, 1.82) is 0 Å². The summed E-state index contributed by atoms with van der Waals surface area (Å²) < 4.78 is 4.98. The lowest BCUT2D eigenvalue weighted by Gasteiger charge is -2.37. The highest BCUT2D eigenvalue weighted by Gasteiger charge is 2.36. The molecular weight excluding hydrogens is 196 g/mol. The lowest BCUT2D eigenvalue weighted by molar-refractivity contribution is -0.130. The highest BCUT2D eigenvalue weighted by molar-refractivity contribution is 5.78. The molecule has 0 aromatic rings. The van der Waals surface area contributed by atoms with Crippen LogP contribution in [-0.2, 0) is 9.53 Å². The van der Waals surface area contributed by atoms with Crippen LogP contribution in [0.15, 0.2) is 0 Å². The van der Waals surface area contributed by atoms with E-state index in [9.17, 15) is 9.90 Å². The van der Waals surface area contributed by atoms with E-state index in [1.807, 2.05) is 0 Å². The summed E-state index contributed by atoms with van der Waals surface area (Å²) in [5.41, 5.74) is 3.53. The van der Waals surface area contributed by atoms with E-state index < -0.39 is 11.1 Å².